The van der Waals surface area contributed by atoms with Crippen LogP contribution in [0.15, 0.2) is 24.3 Å². The number of hydrogen-bond acceptors (Lipinski definition) is 3. The predicted molar refractivity (Wildman–Crippen MR) is 89.2 cm³/mol. The van der Waals surface area contributed by atoms with Crippen LogP contribution in [-0.2, 0) is 15.5 Å². The zero-order chi connectivity index (χ0) is 15.4. The maximum Gasteiger partial charge on any atom is 0.0691 e. The summed E-state index contributed by atoms with van der Waals surface area (Å²) in [6.07, 6.45) is 1.03. The molecule has 118 valence electrons. The molecule has 4 atom stereocenters. The van der Waals surface area contributed by atoms with E-state index in [2.05, 4.69) is 43.4 Å². The van der Waals surface area contributed by atoms with Crippen molar-refractivity contribution in [3.8, 4) is 0 Å². The van der Waals surface area contributed by atoms with Crippen molar-refractivity contribution in [1.82, 2.24) is 5.32 Å². The van der Waals surface area contributed by atoms with Crippen LogP contribution in [0.2, 0.25) is 0 Å². The maximum atomic E-state index is 12.6. The van der Waals surface area contributed by atoms with Gasteiger partial charge in [-0.25, -0.2) is 0 Å². The first-order chi connectivity index (χ1) is 10.0. The SMILES string of the molecule is CNC(CS(=O)C1CCOC1C)c1ccc(C(C)C)cc1. The zero-order valence-corrected chi connectivity index (χ0v) is 14.3. The molecule has 21 heavy (non-hydrogen) atoms. The molecule has 1 heterocycles. The summed E-state index contributed by atoms with van der Waals surface area (Å²) in [6, 6.07) is 8.80. The van der Waals surface area contributed by atoms with Crippen LogP contribution >= 0.6 is 0 Å². The van der Waals surface area contributed by atoms with Crippen molar-refractivity contribution in [2.24, 2.45) is 0 Å². The molecule has 0 spiro atoms. The maximum absolute atomic E-state index is 12.6. The minimum Gasteiger partial charge on any atom is -0.377 e. The van der Waals surface area contributed by atoms with Crippen LogP contribution in [0.25, 0.3) is 0 Å². The van der Waals surface area contributed by atoms with Crippen LogP contribution < -0.4 is 5.32 Å². The molecule has 0 saturated carbocycles. The molecule has 0 radical (unpaired) electrons. The van der Waals surface area contributed by atoms with Crippen molar-refractivity contribution in [3.63, 3.8) is 0 Å². The van der Waals surface area contributed by atoms with Gasteiger partial charge in [-0.05, 0) is 37.4 Å². The molecule has 4 unspecified atom stereocenters. The van der Waals surface area contributed by atoms with E-state index in [0.29, 0.717) is 11.7 Å². The Kier molecular flexibility index (Phi) is 5.97. The van der Waals surface area contributed by atoms with E-state index < -0.39 is 10.8 Å². The molecule has 1 fully saturated rings. The highest BCUT2D eigenvalue weighted by atomic mass is 32.2. The largest absolute Gasteiger partial charge is 0.377 e. The fourth-order valence-electron chi connectivity index (χ4n) is 2.80. The standard InChI is InChI=1S/C17H27NO2S/c1-12(2)14-5-7-15(8-6-14)16(18-4)11-21(19)17-9-10-20-13(17)3/h5-8,12-13,16-18H,9-11H2,1-4H3. The topological polar surface area (TPSA) is 38.3 Å². The zero-order valence-electron chi connectivity index (χ0n) is 13.5. The van der Waals surface area contributed by atoms with E-state index in [9.17, 15) is 4.21 Å². The van der Waals surface area contributed by atoms with E-state index in [-0.39, 0.29) is 17.4 Å². The van der Waals surface area contributed by atoms with Gasteiger partial charge in [0.05, 0.1) is 11.4 Å². The van der Waals surface area contributed by atoms with Gasteiger partial charge < -0.3 is 10.1 Å². The normalized spacial score (nSPS) is 25.2. The van der Waals surface area contributed by atoms with Crippen LogP contribution in [0.3, 0.4) is 0 Å². The molecule has 0 amide bonds. The van der Waals surface area contributed by atoms with E-state index in [1.165, 1.54) is 11.1 Å². The van der Waals surface area contributed by atoms with Crippen LogP contribution in [0, 0.1) is 0 Å². The third kappa shape index (κ3) is 4.15. The van der Waals surface area contributed by atoms with Gasteiger partial charge in [0.2, 0.25) is 0 Å². The highest BCUT2D eigenvalue weighted by molar-refractivity contribution is 7.85. The van der Waals surface area contributed by atoms with Crippen LogP contribution in [0.4, 0.5) is 0 Å². The Morgan fingerprint density at radius 2 is 1.90 bits per heavy atom. The lowest BCUT2D eigenvalue weighted by atomic mass is 10.00. The van der Waals surface area contributed by atoms with Crippen molar-refractivity contribution in [3.05, 3.63) is 35.4 Å². The second kappa shape index (κ2) is 7.52. The molecule has 1 N–H and O–H groups in total. The van der Waals surface area contributed by atoms with E-state index >= 15 is 0 Å². The van der Waals surface area contributed by atoms with Gasteiger partial charge in [0.25, 0.3) is 0 Å². The average Bonchev–Trinajstić information content (AvgIpc) is 2.91. The molecular weight excluding hydrogens is 282 g/mol. The van der Waals surface area contributed by atoms with Gasteiger partial charge in [0.15, 0.2) is 0 Å². The highest BCUT2D eigenvalue weighted by Crippen LogP contribution is 2.24. The smallest absolute Gasteiger partial charge is 0.0691 e. The number of ether oxygens (including phenoxy) is 1. The molecular formula is C17H27NO2S. The molecule has 4 heteroatoms. The summed E-state index contributed by atoms with van der Waals surface area (Å²) < 4.78 is 18.1. The Balaban J connectivity index is 2.03. The molecule has 0 aromatic heterocycles. The third-order valence-corrected chi connectivity index (χ3v) is 6.29. The second-order valence-corrected chi connectivity index (χ2v) is 7.81. The Bertz CT molecular complexity index is 472. The summed E-state index contributed by atoms with van der Waals surface area (Å²) in [5.74, 6) is 1.19. The van der Waals surface area contributed by atoms with Gasteiger partial charge in [-0.15, -0.1) is 0 Å². The summed E-state index contributed by atoms with van der Waals surface area (Å²) in [4.78, 5) is 0. The summed E-state index contributed by atoms with van der Waals surface area (Å²) in [5.41, 5.74) is 2.55. The fourth-order valence-corrected chi connectivity index (χ4v) is 4.60. The van der Waals surface area contributed by atoms with Gasteiger partial charge in [-0.3, -0.25) is 4.21 Å². The molecule has 2 rings (SSSR count). The van der Waals surface area contributed by atoms with E-state index in [1.807, 2.05) is 14.0 Å². The van der Waals surface area contributed by atoms with Crippen molar-refractivity contribution >= 4 is 10.8 Å². The van der Waals surface area contributed by atoms with Crippen LogP contribution in [0.1, 0.15) is 50.3 Å². The predicted octanol–water partition coefficient (Wildman–Crippen LogP) is 3.00. The first-order valence-electron chi connectivity index (χ1n) is 7.78. The Hall–Kier alpha value is -0.710. The number of benzene rings is 1. The fraction of sp³-hybridized carbons (Fsp3) is 0.647. The molecule has 1 aromatic carbocycles. The molecule has 1 saturated heterocycles. The summed E-state index contributed by atoms with van der Waals surface area (Å²) in [5, 5.41) is 3.48. The van der Waals surface area contributed by atoms with Gasteiger partial charge in [-0.1, -0.05) is 38.1 Å². The molecule has 1 aliphatic heterocycles. The van der Waals surface area contributed by atoms with Crippen molar-refractivity contribution in [1.29, 1.82) is 0 Å². The molecule has 0 aliphatic carbocycles. The summed E-state index contributed by atoms with van der Waals surface area (Å²) in [7, 11) is 1.08. The quantitative estimate of drug-likeness (QED) is 0.878. The van der Waals surface area contributed by atoms with Crippen molar-refractivity contribution in [2.45, 2.75) is 50.5 Å². The van der Waals surface area contributed by atoms with Gasteiger partial charge >= 0.3 is 0 Å². The molecule has 3 nitrogen and oxygen atoms in total. The molecule has 1 aliphatic rings. The lowest BCUT2D eigenvalue weighted by molar-refractivity contribution is 0.127. The van der Waals surface area contributed by atoms with Crippen LogP contribution in [-0.4, -0.2) is 35.0 Å². The number of nitrogens with one attached hydrogen (secondary N) is 1. The van der Waals surface area contributed by atoms with E-state index in [4.69, 9.17) is 4.74 Å². The first kappa shape index (κ1) is 16.7. The lowest BCUT2D eigenvalue weighted by Crippen LogP contribution is -2.31. The van der Waals surface area contributed by atoms with Gasteiger partial charge in [-0.2, -0.15) is 0 Å². The first-order valence-corrected chi connectivity index (χ1v) is 9.17. The monoisotopic (exact) mass is 309 g/mol. The highest BCUT2D eigenvalue weighted by Gasteiger charge is 2.30. The minimum atomic E-state index is -0.858. The van der Waals surface area contributed by atoms with Crippen LogP contribution in [0.5, 0.6) is 0 Å². The van der Waals surface area contributed by atoms with Gasteiger partial charge in [0, 0.05) is 29.2 Å². The van der Waals surface area contributed by atoms with Gasteiger partial charge in [0.1, 0.15) is 0 Å². The van der Waals surface area contributed by atoms with Crippen molar-refractivity contribution in [2.75, 3.05) is 19.4 Å². The van der Waals surface area contributed by atoms with E-state index in [0.717, 1.165) is 13.0 Å². The second-order valence-electron chi connectivity index (χ2n) is 6.11. The summed E-state index contributed by atoms with van der Waals surface area (Å²) >= 11 is 0. The lowest BCUT2D eigenvalue weighted by Gasteiger charge is -2.20. The Morgan fingerprint density at radius 3 is 2.38 bits per heavy atom. The average molecular weight is 309 g/mol. The van der Waals surface area contributed by atoms with E-state index in [1.54, 1.807) is 0 Å². The molecule has 1 aromatic rings. The Labute approximate surface area is 130 Å². The van der Waals surface area contributed by atoms with Crippen molar-refractivity contribution < 1.29 is 8.95 Å². The Morgan fingerprint density at radius 1 is 1.29 bits per heavy atom. The number of hydrogen-bond donors (Lipinski definition) is 1. The molecule has 0 bridgehead atoms. The summed E-state index contributed by atoms with van der Waals surface area (Å²) in [6.45, 7) is 7.16. The third-order valence-electron chi connectivity index (χ3n) is 4.33. The minimum absolute atomic E-state index is 0.117. The number of rotatable bonds is 6.